The van der Waals surface area contributed by atoms with Crippen LogP contribution in [0.5, 0.6) is 5.75 Å². The number of halogens is 1. The molecule has 0 aliphatic carbocycles. The average molecular weight is 287 g/mol. The van der Waals surface area contributed by atoms with Crippen LogP contribution in [0.4, 0.5) is 0 Å². The van der Waals surface area contributed by atoms with Gasteiger partial charge in [0.2, 0.25) is 0 Å². The molecule has 2 aromatic carbocycles. The third-order valence-electron chi connectivity index (χ3n) is 3.66. The lowest BCUT2D eigenvalue weighted by Gasteiger charge is -2.16. The Hall–Kier alpha value is -1.80. The fraction of sp³-hybridized carbons (Fsp3) is 0.235. The van der Waals surface area contributed by atoms with Gasteiger partial charge in [0.05, 0.1) is 12.5 Å². The topological polar surface area (TPSA) is 26.3 Å². The van der Waals surface area contributed by atoms with Gasteiger partial charge in [-0.15, -0.1) is 0 Å². The smallest absolute Gasteiger partial charge is 0.141 e. The van der Waals surface area contributed by atoms with Crippen LogP contribution in [0.2, 0.25) is 5.02 Å². The molecule has 3 rings (SSSR count). The highest BCUT2D eigenvalue weighted by molar-refractivity contribution is 6.30. The lowest BCUT2D eigenvalue weighted by molar-refractivity contribution is -0.117. The van der Waals surface area contributed by atoms with Crippen molar-refractivity contribution in [1.82, 2.24) is 0 Å². The van der Waals surface area contributed by atoms with Gasteiger partial charge in [-0.25, -0.2) is 0 Å². The summed E-state index contributed by atoms with van der Waals surface area (Å²) in [5.41, 5.74) is 3.17. The first-order valence-electron chi connectivity index (χ1n) is 6.66. The van der Waals surface area contributed by atoms with Crippen molar-refractivity contribution in [2.45, 2.75) is 19.3 Å². The Kier molecular flexibility index (Phi) is 3.49. The second-order valence-corrected chi connectivity index (χ2v) is 5.50. The van der Waals surface area contributed by atoms with Crippen LogP contribution in [0.1, 0.15) is 29.5 Å². The molecule has 0 saturated heterocycles. The molecule has 2 aromatic rings. The van der Waals surface area contributed by atoms with E-state index in [1.165, 1.54) is 5.56 Å². The van der Waals surface area contributed by atoms with Crippen LogP contribution in [-0.2, 0) is 11.2 Å². The number of rotatable bonds is 3. The van der Waals surface area contributed by atoms with Crippen LogP contribution in [0.3, 0.4) is 0 Å². The van der Waals surface area contributed by atoms with Crippen LogP contribution in [0.25, 0.3) is 0 Å². The third-order valence-corrected chi connectivity index (χ3v) is 3.91. The number of carbonyl (C=O) groups excluding carboxylic acids is 1. The molecule has 2 nitrogen and oxygen atoms in total. The normalized spacial score (nSPS) is 14.5. The van der Waals surface area contributed by atoms with Gasteiger partial charge < -0.3 is 4.74 Å². The first-order chi connectivity index (χ1) is 9.65. The molecule has 1 unspecified atom stereocenters. The Labute approximate surface area is 123 Å². The number of hydrogen-bond donors (Lipinski definition) is 0. The maximum atomic E-state index is 12.1. The molecular weight excluding hydrogens is 272 g/mol. The van der Waals surface area contributed by atoms with Gasteiger partial charge in [-0.3, -0.25) is 4.79 Å². The van der Waals surface area contributed by atoms with Crippen molar-refractivity contribution in [3.63, 3.8) is 0 Å². The highest BCUT2D eigenvalue weighted by Crippen LogP contribution is 2.32. The molecular formula is C17H15ClO2. The summed E-state index contributed by atoms with van der Waals surface area (Å²) in [7, 11) is 0. The Morgan fingerprint density at radius 3 is 2.55 bits per heavy atom. The zero-order valence-corrected chi connectivity index (χ0v) is 12.0. The predicted octanol–water partition coefficient (Wildman–Crippen LogP) is 4.00. The molecule has 20 heavy (non-hydrogen) atoms. The van der Waals surface area contributed by atoms with E-state index in [0.717, 1.165) is 29.9 Å². The standard InChI is InChI=1S/C17H15ClO2/c1-11(19)17(12-2-5-15(18)6-3-12)14-4-7-16-13(10-14)8-9-20-16/h2-7,10,17H,8-9H2,1H3. The van der Waals surface area contributed by atoms with Crippen molar-refractivity contribution in [2.24, 2.45) is 0 Å². The summed E-state index contributed by atoms with van der Waals surface area (Å²) in [6.07, 6.45) is 0.911. The number of benzene rings is 2. The maximum Gasteiger partial charge on any atom is 0.141 e. The summed E-state index contributed by atoms with van der Waals surface area (Å²) in [5.74, 6) is 0.830. The van der Waals surface area contributed by atoms with E-state index in [0.29, 0.717) is 5.02 Å². The summed E-state index contributed by atoms with van der Waals surface area (Å²) in [4.78, 5) is 12.1. The minimum Gasteiger partial charge on any atom is -0.493 e. The Bertz CT molecular complexity index is 647. The maximum absolute atomic E-state index is 12.1. The first kappa shape index (κ1) is 13.2. The fourth-order valence-electron chi connectivity index (χ4n) is 2.70. The van der Waals surface area contributed by atoms with Crippen molar-refractivity contribution in [3.05, 3.63) is 64.2 Å². The minimum absolute atomic E-state index is 0.131. The van der Waals surface area contributed by atoms with Crippen LogP contribution < -0.4 is 4.74 Å². The van der Waals surface area contributed by atoms with Crippen LogP contribution in [0.15, 0.2) is 42.5 Å². The molecule has 0 N–H and O–H groups in total. The number of fused-ring (bicyclic) bond motifs is 1. The molecule has 0 fully saturated rings. The summed E-state index contributed by atoms with van der Waals surface area (Å²) >= 11 is 5.92. The van der Waals surface area contributed by atoms with Gasteiger partial charge in [0.15, 0.2) is 0 Å². The van der Waals surface area contributed by atoms with Gasteiger partial charge in [-0.05, 0) is 41.8 Å². The zero-order chi connectivity index (χ0) is 14.1. The van der Waals surface area contributed by atoms with E-state index in [4.69, 9.17) is 16.3 Å². The quantitative estimate of drug-likeness (QED) is 0.852. The van der Waals surface area contributed by atoms with E-state index in [9.17, 15) is 4.79 Å². The molecule has 0 bridgehead atoms. The highest BCUT2D eigenvalue weighted by Gasteiger charge is 2.21. The van der Waals surface area contributed by atoms with E-state index in [1.807, 2.05) is 36.4 Å². The summed E-state index contributed by atoms with van der Waals surface area (Å²) in [6, 6.07) is 13.5. The lowest BCUT2D eigenvalue weighted by Crippen LogP contribution is -2.10. The monoisotopic (exact) mass is 286 g/mol. The van der Waals surface area contributed by atoms with Crippen molar-refractivity contribution in [1.29, 1.82) is 0 Å². The van der Waals surface area contributed by atoms with Gasteiger partial charge in [0.25, 0.3) is 0 Å². The zero-order valence-electron chi connectivity index (χ0n) is 11.2. The molecule has 3 heteroatoms. The van der Waals surface area contributed by atoms with E-state index in [2.05, 4.69) is 6.07 Å². The van der Waals surface area contributed by atoms with Gasteiger partial charge >= 0.3 is 0 Å². The SMILES string of the molecule is CC(=O)C(c1ccc(Cl)cc1)c1ccc2c(c1)CCO2. The molecule has 1 aliphatic rings. The van der Waals surface area contributed by atoms with Gasteiger partial charge in [0.1, 0.15) is 11.5 Å². The summed E-state index contributed by atoms with van der Waals surface area (Å²) in [5, 5.41) is 0.679. The van der Waals surface area contributed by atoms with Crippen molar-refractivity contribution in [3.8, 4) is 5.75 Å². The molecule has 1 aliphatic heterocycles. The third kappa shape index (κ3) is 2.44. The van der Waals surface area contributed by atoms with Crippen molar-refractivity contribution in [2.75, 3.05) is 6.61 Å². The molecule has 0 amide bonds. The molecule has 0 spiro atoms. The fourth-order valence-corrected chi connectivity index (χ4v) is 2.83. The first-order valence-corrected chi connectivity index (χ1v) is 7.04. The number of hydrogen-bond acceptors (Lipinski definition) is 2. The largest absolute Gasteiger partial charge is 0.493 e. The molecule has 0 saturated carbocycles. The number of Topliss-reactive ketones (excluding diaryl/α,β-unsaturated/α-hetero) is 1. The van der Waals surface area contributed by atoms with Gasteiger partial charge in [-0.1, -0.05) is 35.9 Å². The van der Waals surface area contributed by atoms with Crippen LogP contribution >= 0.6 is 11.6 Å². The second kappa shape index (κ2) is 5.29. The molecule has 0 aromatic heterocycles. The minimum atomic E-state index is -0.238. The predicted molar refractivity (Wildman–Crippen MR) is 79.6 cm³/mol. The Morgan fingerprint density at radius 1 is 1.15 bits per heavy atom. The van der Waals surface area contributed by atoms with Crippen LogP contribution in [-0.4, -0.2) is 12.4 Å². The molecule has 0 radical (unpaired) electrons. The van der Waals surface area contributed by atoms with Gasteiger partial charge in [0, 0.05) is 11.4 Å². The molecule has 1 atom stereocenters. The number of ketones is 1. The number of ether oxygens (including phenoxy) is 1. The van der Waals surface area contributed by atoms with Gasteiger partial charge in [-0.2, -0.15) is 0 Å². The Morgan fingerprint density at radius 2 is 1.85 bits per heavy atom. The van der Waals surface area contributed by atoms with E-state index in [1.54, 1.807) is 6.92 Å². The van der Waals surface area contributed by atoms with Crippen LogP contribution in [0, 0.1) is 0 Å². The summed E-state index contributed by atoms with van der Waals surface area (Å²) in [6.45, 7) is 2.35. The average Bonchev–Trinajstić information content (AvgIpc) is 2.88. The second-order valence-electron chi connectivity index (χ2n) is 5.06. The van der Waals surface area contributed by atoms with Crippen molar-refractivity contribution >= 4 is 17.4 Å². The Balaban J connectivity index is 2.03. The lowest BCUT2D eigenvalue weighted by atomic mass is 9.87. The molecule has 102 valence electrons. The van der Waals surface area contributed by atoms with E-state index in [-0.39, 0.29) is 11.7 Å². The highest BCUT2D eigenvalue weighted by atomic mass is 35.5. The summed E-state index contributed by atoms with van der Waals surface area (Å²) < 4.78 is 5.51. The van der Waals surface area contributed by atoms with Crippen molar-refractivity contribution < 1.29 is 9.53 Å². The van der Waals surface area contributed by atoms with E-state index < -0.39 is 0 Å². The molecule has 1 heterocycles. The van der Waals surface area contributed by atoms with E-state index >= 15 is 0 Å². The number of carbonyl (C=O) groups is 1.